The van der Waals surface area contributed by atoms with Gasteiger partial charge in [0.05, 0.1) is 5.69 Å². The largest absolute Gasteiger partial charge is 0.477 e. The van der Waals surface area contributed by atoms with Crippen LogP contribution in [-0.2, 0) is 5.75 Å². The number of hydrogen-bond acceptors (Lipinski definition) is 3. The number of carbonyl (C=O) groups is 1. The van der Waals surface area contributed by atoms with Crippen molar-refractivity contribution in [2.75, 3.05) is 5.75 Å². The highest BCUT2D eigenvalue weighted by atomic mass is 32.2. The maximum Gasteiger partial charge on any atom is 0.354 e. The van der Waals surface area contributed by atoms with Crippen molar-refractivity contribution in [3.63, 3.8) is 0 Å². The standard InChI is InChI=1S/C13H17NO2S/c15-13(16)12-7-3-6-11(14-12)9-17-8-10-4-1-2-5-10/h3,6-7,10H,1-2,4-5,8-9H2,(H,15,16). The molecule has 2 rings (SSSR count). The summed E-state index contributed by atoms with van der Waals surface area (Å²) in [5.74, 6) is 1.91. The third kappa shape index (κ3) is 3.73. The van der Waals surface area contributed by atoms with Crippen LogP contribution in [-0.4, -0.2) is 21.8 Å². The molecule has 0 aromatic carbocycles. The first kappa shape index (κ1) is 12.4. The van der Waals surface area contributed by atoms with Crippen LogP contribution in [0.15, 0.2) is 18.2 Å². The number of aromatic carboxylic acids is 1. The van der Waals surface area contributed by atoms with Crippen molar-refractivity contribution in [2.24, 2.45) is 5.92 Å². The van der Waals surface area contributed by atoms with Gasteiger partial charge in [0.15, 0.2) is 0 Å². The number of carboxylic acids is 1. The molecule has 0 saturated heterocycles. The zero-order chi connectivity index (χ0) is 12.1. The third-order valence-electron chi connectivity index (χ3n) is 3.10. The molecule has 0 spiro atoms. The number of carboxylic acid groups (broad SMARTS) is 1. The second-order valence-corrected chi connectivity index (χ2v) is 5.52. The molecular weight excluding hydrogens is 234 g/mol. The van der Waals surface area contributed by atoms with Crippen LogP contribution < -0.4 is 0 Å². The molecule has 0 radical (unpaired) electrons. The van der Waals surface area contributed by atoms with Crippen molar-refractivity contribution < 1.29 is 9.90 Å². The van der Waals surface area contributed by atoms with Gasteiger partial charge in [-0.1, -0.05) is 18.9 Å². The molecule has 1 heterocycles. The van der Waals surface area contributed by atoms with Gasteiger partial charge in [0.2, 0.25) is 0 Å². The van der Waals surface area contributed by atoms with Crippen LogP contribution in [0, 0.1) is 5.92 Å². The molecule has 0 bridgehead atoms. The van der Waals surface area contributed by atoms with Crippen molar-refractivity contribution in [2.45, 2.75) is 31.4 Å². The van der Waals surface area contributed by atoms with Crippen molar-refractivity contribution in [3.05, 3.63) is 29.6 Å². The molecule has 1 saturated carbocycles. The number of rotatable bonds is 5. The van der Waals surface area contributed by atoms with Gasteiger partial charge in [0.1, 0.15) is 5.69 Å². The van der Waals surface area contributed by atoms with Crippen LogP contribution in [0.1, 0.15) is 41.9 Å². The highest BCUT2D eigenvalue weighted by molar-refractivity contribution is 7.98. The van der Waals surface area contributed by atoms with E-state index in [1.165, 1.54) is 37.5 Å². The van der Waals surface area contributed by atoms with E-state index in [4.69, 9.17) is 5.11 Å². The number of aromatic nitrogens is 1. The average molecular weight is 251 g/mol. The van der Waals surface area contributed by atoms with Gasteiger partial charge in [-0.2, -0.15) is 11.8 Å². The summed E-state index contributed by atoms with van der Waals surface area (Å²) in [5.41, 5.74) is 1.01. The first-order valence-electron chi connectivity index (χ1n) is 6.02. The van der Waals surface area contributed by atoms with E-state index in [0.29, 0.717) is 0 Å². The Morgan fingerprint density at radius 3 is 2.88 bits per heavy atom. The second kappa shape index (κ2) is 6.05. The fourth-order valence-electron chi connectivity index (χ4n) is 2.19. The maximum absolute atomic E-state index is 10.8. The van der Waals surface area contributed by atoms with Crippen LogP contribution in [0.3, 0.4) is 0 Å². The highest BCUT2D eigenvalue weighted by Crippen LogP contribution is 2.28. The molecule has 4 heteroatoms. The summed E-state index contributed by atoms with van der Waals surface area (Å²) >= 11 is 1.87. The monoisotopic (exact) mass is 251 g/mol. The van der Waals surface area contributed by atoms with E-state index in [2.05, 4.69) is 4.98 Å². The Balaban J connectivity index is 1.81. The predicted octanol–water partition coefficient (Wildman–Crippen LogP) is 3.20. The molecule has 17 heavy (non-hydrogen) atoms. The van der Waals surface area contributed by atoms with Gasteiger partial charge in [-0.15, -0.1) is 0 Å². The number of pyridine rings is 1. The maximum atomic E-state index is 10.8. The van der Waals surface area contributed by atoms with E-state index in [-0.39, 0.29) is 5.69 Å². The van der Waals surface area contributed by atoms with Gasteiger partial charge in [0.25, 0.3) is 0 Å². The number of hydrogen-bond donors (Lipinski definition) is 1. The molecular formula is C13H17NO2S. The Labute approximate surface area is 106 Å². The SMILES string of the molecule is O=C(O)c1cccc(CSCC2CCCC2)n1. The Bertz CT molecular complexity index is 389. The zero-order valence-corrected chi connectivity index (χ0v) is 10.6. The van der Waals surface area contributed by atoms with Crippen LogP contribution in [0.25, 0.3) is 0 Å². The average Bonchev–Trinajstić information content (AvgIpc) is 2.82. The highest BCUT2D eigenvalue weighted by Gasteiger charge is 2.14. The molecule has 1 aromatic rings. The van der Waals surface area contributed by atoms with E-state index in [0.717, 1.165) is 17.4 Å². The van der Waals surface area contributed by atoms with E-state index in [1.54, 1.807) is 6.07 Å². The van der Waals surface area contributed by atoms with Crippen LogP contribution in [0.4, 0.5) is 0 Å². The van der Waals surface area contributed by atoms with E-state index < -0.39 is 5.97 Å². The smallest absolute Gasteiger partial charge is 0.354 e. The Morgan fingerprint density at radius 1 is 1.41 bits per heavy atom. The summed E-state index contributed by atoms with van der Waals surface area (Å²) < 4.78 is 0. The lowest BCUT2D eigenvalue weighted by molar-refractivity contribution is 0.0690. The lowest BCUT2D eigenvalue weighted by Crippen LogP contribution is -2.02. The number of nitrogens with zero attached hydrogens (tertiary/aromatic N) is 1. The zero-order valence-electron chi connectivity index (χ0n) is 9.76. The van der Waals surface area contributed by atoms with Crippen LogP contribution in [0.5, 0.6) is 0 Å². The van der Waals surface area contributed by atoms with Gasteiger partial charge in [-0.25, -0.2) is 9.78 Å². The van der Waals surface area contributed by atoms with Crippen molar-refractivity contribution in [3.8, 4) is 0 Å². The van der Waals surface area contributed by atoms with E-state index >= 15 is 0 Å². The molecule has 1 aromatic heterocycles. The molecule has 0 unspecified atom stereocenters. The quantitative estimate of drug-likeness (QED) is 0.873. The summed E-state index contributed by atoms with van der Waals surface area (Å²) in [5, 5.41) is 8.84. The topological polar surface area (TPSA) is 50.2 Å². The van der Waals surface area contributed by atoms with Crippen molar-refractivity contribution >= 4 is 17.7 Å². The molecule has 1 N–H and O–H groups in total. The molecule has 1 aliphatic carbocycles. The first-order valence-corrected chi connectivity index (χ1v) is 7.18. The van der Waals surface area contributed by atoms with Crippen LogP contribution in [0.2, 0.25) is 0 Å². The minimum Gasteiger partial charge on any atom is -0.477 e. The Morgan fingerprint density at radius 2 is 2.18 bits per heavy atom. The van der Waals surface area contributed by atoms with Gasteiger partial charge in [0, 0.05) is 5.75 Å². The minimum absolute atomic E-state index is 0.143. The van der Waals surface area contributed by atoms with E-state index in [9.17, 15) is 4.79 Å². The number of thioether (sulfide) groups is 1. The third-order valence-corrected chi connectivity index (χ3v) is 4.31. The fraction of sp³-hybridized carbons (Fsp3) is 0.538. The molecule has 3 nitrogen and oxygen atoms in total. The van der Waals surface area contributed by atoms with Crippen molar-refractivity contribution in [1.29, 1.82) is 0 Å². The summed E-state index contributed by atoms with van der Waals surface area (Å²) in [4.78, 5) is 14.9. The second-order valence-electron chi connectivity index (χ2n) is 4.48. The van der Waals surface area contributed by atoms with Gasteiger partial charge < -0.3 is 5.11 Å². The lowest BCUT2D eigenvalue weighted by atomic mass is 10.1. The molecule has 0 amide bonds. The van der Waals surface area contributed by atoms with E-state index in [1.807, 2.05) is 17.8 Å². The summed E-state index contributed by atoms with van der Waals surface area (Å²) in [7, 11) is 0. The predicted molar refractivity (Wildman–Crippen MR) is 69.3 cm³/mol. The van der Waals surface area contributed by atoms with Crippen molar-refractivity contribution in [1.82, 2.24) is 4.98 Å². The van der Waals surface area contributed by atoms with Crippen LogP contribution >= 0.6 is 11.8 Å². The minimum atomic E-state index is -0.951. The summed E-state index contributed by atoms with van der Waals surface area (Å²) in [6.07, 6.45) is 5.46. The van der Waals surface area contributed by atoms with Gasteiger partial charge in [-0.05, 0) is 36.6 Å². The Kier molecular flexibility index (Phi) is 4.42. The summed E-state index contributed by atoms with van der Waals surface area (Å²) in [6, 6.07) is 5.20. The fourth-order valence-corrected chi connectivity index (χ4v) is 3.34. The molecule has 1 fully saturated rings. The summed E-state index contributed by atoms with van der Waals surface area (Å²) in [6.45, 7) is 0. The molecule has 92 valence electrons. The molecule has 0 aliphatic heterocycles. The normalized spacial score (nSPS) is 16.2. The molecule has 1 aliphatic rings. The Hall–Kier alpha value is -1.03. The van der Waals surface area contributed by atoms with Gasteiger partial charge in [-0.3, -0.25) is 0 Å². The lowest BCUT2D eigenvalue weighted by Gasteiger charge is -2.07. The van der Waals surface area contributed by atoms with Gasteiger partial charge >= 0.3 is 5.97 Å². The molecule has 0 atom stereocenters. The first-order chi connectivity index (χ1) is 8.25.